The molecule has 0 aliphatic carbocycles. The summed E-state index contributed by atoms with van der Waals surface area (Å²) in [4.78, 5) is 11.9. The van der Waals surface area contributed by atoms with E-state index in [1.165, 1.54) is 44.6 Å². The van der Waals surface area contributed by atoms with Crippen LogP contribution < -0.4 is 9.47 Å². The lowest BCUT2D eigenvalue weighted by Crippen LogP contribution is -2.50. The molecule has 2 atom stereocenters. The molecule has 0 unspecified atom stereocenters. The number of ether oxygens (including phenoxy) is 2. The number of aliphatic hydroxyl groups excluding tert-OH is 1. The first-order chi connectivity index (χ1) is 13.2. The number of phenols is 2. The van der Waals surface area contributed by atoms with E-state index in [4.69, 9.17) is 9.47 Å². The van der Waals surface area contributed by atoms with Gasteiger partial charge in [0.05, 0.1) is 14.2 Å². The maximum atomic E-state index is 11.9. The van der Waals surface area contributed by atoms with Gasteiger partial charge in [-0.05, 0) is 41.8 Å². The second kappa shape index (κ2) is 8.81. The summed E-state index contributed by atoms with van der Waals surface area (Å²) >= 11 is 0. The number of rotatable bonds is 9. The summed E-state index contributed by atoms with van der Waals surface area (Å²) in [6, 6.07) is 8.73. The number of aliphatic hydroxyl groups is 2. The van der Waals surface area contributed by atoms with Gasteiger partial charge in [0.2, 0.25) is 0 Å². The molecule has 0 spiro atoms. The first-order valence-electron chi connectivity index (χ1n) is 8.53. The van der Waals surface area contributed by atoms with Crippen LogP contribution in [0.15, 0.2) is 36.4 Å². The van der Waals surface area contributed by atoms with E-state index in [1.54, 1.807) is 6.07 Å². The van der Waals surface area contributed by atoms with Gasteiger partial charge in [-0.15, -0.1) is 0 Å². The van der Waals surface area contributed by atoms with Gasteiger partial charge in [0.25, 0.3) is 0 Å². The first-order valence-corrected chi connectivity index (χ1v) is 8.53. The molecule has 0 saturated carbocycles. The molecule has 5 N–H and O–H groups in total. The number of methoxy groups -OCH3 is 2. The number of aliphatic carboxylic acids is 1. The number of carbonyl (C=O) groups is 1. The van der Waals surface area contributed by atoms with Crippen molar-refractivity contribution in [3.8, 4) is 23.0 Å². The first kappa shape index (κ1) is 21.3. The minimum Gasteiger partial charge on any atom is -0.504 e. The van der Waals surface area contributed by atoms with Crippen molar-refractivity contribution in [2.75, 3.05) is 20.8 Å². The van der Waals surface area contributed by atoms with Crippen LogP contribution in [0.1, 0.15) is 11.1 Å². The van der Waals surface area contributed by atoms with Gasteiger partial charge in [0.1, 0.15) is 0 Å². The molecule has 0 heterocycles. The summed E-state index contributed by atoms with van der Waals surface area (Å²) < 4.78 is 10.1. The molecule has 0 aromatic heterocycles. The minimum atomic E-state index is -2.28. The van der Waals surface area contributed by atoms with Crippen molar-refractivity contribution in [2.45, 2.75) is 18.4 Å². The topological polar surface area (TPSA) is 137 Å². The molecule has 2 rings (SSSR count). The van der Waals surface area contributed by atoms with Gasteiger partial charge in [0, 0.05) is 18.9 Å². The fraction of sp³-hybridized carbons (Fsp3) is 0.350. The van der Waals surface area contributed by atoms with Gasteiger partial charge in [0.15, 0.2) is 28.6 Å². The fourth-order valence-electron chi connectivity index (χ4n) is 3.06. The van der Waals surface area contributed by atoms with E-state index < -0.39 is 24.1 Å². The minimum absolute atomic E-state index is 0.0329. The predicted molar refractivity (Wildman–Crippen MR) is 99.9 cm³/mol. The Balaban J connectivity index is 2.34. The Labute approximate surface area is 162 Å². The van der Waals surface area contributed by atoms with E-state index in [0.717, 1.165) is 0 Å². The van der Waals surface area contributed by atoms with Gasteiger partial charge >= 0.3 is 5.97 Å². The average molecular weight is 392 g/mol. The second-order valence-electron chi connectivity index (χ2n) is 6.50. The smallest absolute Gasteiger partial charge is 0.336 e. The lowest BCUT2D eigenvalue weighted by Gasteiger charge is -2.32. The number of aromatic hydroxyl groups is 2. The largest absolute Gasteiger partial charge is 0.504 e. The van der Waals surface area contributed by atoms with Crippen LogP contribution in [-0.2, 0) is 17.6 Å². The van der Waals surface area contributed by atoms with Crippen molar-refractivity contribution in [3.05, 3.63) is 47.5 Å². The quantitative estimate of drug-likeness (QED) is 0.431. The lowest BCUT2D eigenvalue weighted by atomic mass is 9.79. The highest BCUT2D eigenvalue weighted by atomic mass is 16.5. The summed E-state index contributed by atoms with van der Waals surface area (Å²) in [6.07, 6.45) is -0.273. The third-order valence-corrected chi connectivity index (χ3v) is 4.71. The molecule has 0 amide bonds. The molecule has 2 aromatic carbocycles. The Bertz CT molecular complexity index is 835. The Hall–Kier alpha value is -2.97. The third-order valence-electron chi connectivity index (χ3n) is 4.71. The van der Waals surface area contributed by atoms with Crippen LogP contribution in [0.25, 0.3) is 0 Å². The maximum absolute atomic E-state index is 11.9. The molecule has 28 heavy (non-hydrogen) atoms. The van der Waals surface area contributed by atoms with E-state index in [0.29, 0.717) is 11.1 Å². The lowest BCUT2D eigenvalue weighted by molar-refractivity contribution is -0.167. The summed E-state index contributed by atoms with van der Waals surface area (Å²) in [7, 11) is 2.74. The zero-order valence-corrected chi connectivity index (χ0v) is 15.6. The molecular weight excluding hydrogens is 368 g/mol. The molecule has 0 saturated heterocycles. The average Bonchev–Trinajstić information content (AvgIpc) is 2.68. The Morgan fingerprint density at radius 1 is 1.00 bits per heavy atom. The van der Waals surface area contributed by atoms with Crippen molar-refractivity contribution in [1.82, 2.24) is 0 Å². The van der Waals surface area contributed by atoms with Crippen LogP contribution in [0.3, 0.4) is 0 Å². The molecule has 0 fully saturated rings. The highest BCUT2D eigenvalue weighted by molar-refractivity contribution is 5.78. The molecule has 152 valence electrons. The molecule has 0 aliphatic rings. The molecule has 0 radical (unpaired) electrons. The molecule has 0 bridgehead atoms. The summed E-state index contributed by atoms with van der Waals surface area (Å²) in [5.41, 5.74) is -1.28. The zero-order valence-electron chi connectivity index (χ0n) is 15.6. The van der Waals surface area contributed by atoms with E-state index in [9.17, 15) is 30.3 Å². The number of phenolic OH excluding ortho intramolecular Hbond substituents is 2. The van der Waals surface area contributed by atoms with Crippen molar-refractivity contribution in [3.63, 3.8) is 0 Å². The Morgan fingerprint density at radius 2 is 1.50 bits per heavy atom. The van der Waals surface area contributed by atoms with E-state index in [2.05, 4.69) is 0 Å². The van der Waals surface area contributed by atoms with Crippen LogP contribution in [0.4, 0.5) is 0 Å². The molecule has 2 aromatic rings. The number of hydrogen-bond acceptors (Lipinski definition) is 7. The molecule has 8 heteroatoms. The second-order valence-corrected chi connectivity index (χ2v) is 6.50. The fourth-order valence-corrected chi connectivity index (χ4v) is 3.06. The monoisotopic (exact) mass is 392 g/mol. The molecular formula is C20H24O8. The number of carboxylic acid groups (broad SMARTS) is 1. The van der Waals surface area contributed by atoms with Crippen molar-refractivity contribution < 1.29 is 39.8 Å². The highest BCUT2D eigenvalue weighted by Gasteiger charge is 2.44. The SMILES string of the molecule is COc1cc(C[C@@H](CO)[C@](O)(Cc2ccc(O)c(OC)c2)C(=O)O)ccc1O. The number of carboxylic acids is 1. The van der Waals surface area contributed by atoms with E-state index in [1.807, 2.05) is 0 Å². The summed E-state index contributed by atoms with van der Waals surface area (Å²) in [6.45, 7) is -0.582. The zero-order chi connectivity index (χ0) is 20.9. The van der Waals surface area contributed by atoms with Crippen LogP contribution in [0, 0.1) is 5.92 Å². The van der Waals surface area contributed by atoms with Gasteiger partial charge in [-0.1, -0.05) is 12.1 Å². The molecule has 8 nitrogen and oxygen atoms in total. The predicted octanol–water partition coefficient (Wildman–Crippen LogP) is 1.32. The summed E-state index contributed by atoms with van der Waals surface area (Å²) in [5.74, 6) is -2.36. The third kappa shape index (κ3) is 4.47. The van der Waals surface area contributed by atoms with Crippen LogP contribution in [-0.4, -0.2) is 57.9 Å². The summed E-state index contributed by atoms with van der Waals surface area (Å²) in [5, 5.41) is 49.8. The van der Waals surface area contributed by atoms with Crippen molar-refractivity contribution >= 4 is 5.97 Å². The number of hydrogen-bond donors (Lipinski definition) is 5. The Kier molecular flexibility index (Phi) is 6.71. The van der Waals surface area contributed by atoms with Gasteiger partial charge in [-0.3, -0.25) is 0 Å². The van der Waals surface area contributed by atoms with Gasteiger partial charge in [-0.25, -0.2) is 4.79 Å². The van der Waals surface area contributed by atoms with Crippen molar-refractivity contribution in [1.29, 1.82) is 0 Å². The van der Waals surface area contributed by atoms with Crippen molar-refractivity contribution in [2.24, 2.45) is 5.92 Å². The van der Waals surface area contributed by atoms with E-state index in [-0.39, 0.29) is 35.8 Å². The van der Waals surface area contributed by atoms with Gasteiger partial charge < -0.3 is 35.0 Å². The van der Waals surface area contributed by atoms with Gasteiger partial charge in [-0.2, -0.15) is 0 Å². The molecule has 0 aliphatic heterocycles. The maximum Gasteiger partial charge on any atom is 0.336 e. The standard InChI is InChI=1S/C20H24O8/c1-27-17-8-12(3-5-15(17)22)7-14(11-21)20(26,19(24)25)10-13-4-6-16(23)18(9-13)28-2/h3-6,8-9,14,21-23,26H,7,10-11H2,1-2H3,(H,24,25)/t14-,20+/m0/s1. The number of benzene rings is 2. The van der Waals surface area contributed by atoms with Crippen LogP contribution >= 0.6 is 0 Å². The highest BCUT2D eigenvalue weighted by Crippen LogP contribution is 2.33. The van der Waals surface area contributed by atoms with E-state index >= 15 is 0 Å². The van der Waals surface area contributed by atoms with Crippen LogP contribution in [0.2, 0.25) is 0 Å². The van der Waals surface area contributed by atoms with Crippen LogP contribution in [0.5, 0.6) is 23.0 Å². The Morgan fingerprint density at radius 3 is 1.96 bits per heavy atom. The normalized spacial score (nSPS) is 14.1.